The minimum atomic E-state index is 1.13. The molecule has 2 aromatic heterocycles. The topological polar surface area (TPSA) is 8.17 Å². The van der Waals surface area contributed by atoms with E-state index in [1.807, 2.05) is 11.3 Å². The van der Waals surface area contributed by atoms with Crippen LogP contribution in [-0.2, 0) is 0 Å². The fraction of sp³-hybridized carbons (Fsp3) is 0. The summed E-state index contributed by atoms with van der Waals surface area (Å²) >= 11 is 1.88. The zero-order valence-corrected chi connectivity index (χ0v) is 27.4. The third-order valence-corrected chi connectivity index (χ3v) is 10.9. The summed E-state index contributed by atoms with van der Waals surface area (Å²) in [4.78, 5) is 2.35. The fourth-order valence-corrected chi connectivity index (χ4v) is 8.56. The third kappa shape index (κ3) is 4.62. The molecule has 0 unspecified atom stereocenters. The molecule has 3 heteroatoms. The van der Waals surface area contributed by atoms with Crippen molar-refractivity contribution >= 4 is 81.1 Å². The molecule has 0 aliphatic rings. The van der Waals surface area contributed by atoms with Crippen LogP contribution in [0.15, 0.2) is 182 Å². The SMILES string of the molecule is c1ccc(-c2ccc(-n3c4ccc(N(c5ccccc5)c5ccccc5)cc4c4cc5cc6sc7ccccc7c6cc5cc43)cc2)cc1. The lowest BCUT2D eigenvalue weighted by atomic mass is 10.0. The molecule has 0 aliphatic carbocycles. The molecule has 49 heavy (non-hydrogen) atoms. The van der Waals surface area contributed by atoms with Crippen molar-refractivity contribution in [3.8, 4) is 16.8 Å². The molecule has 0 fully saturated rings. The van der Waals surface area contributed by atoms with Gasteiger partial charge in [0.1, 0.15) is 0 Å². The number of nitrogens with zero attached hydrogens (tertiary/aromatic N) is 2. The Morgan fingerprint density at radius 3 is 1.69 bits per heavy atom. The molecule has 0 N–H and O–H groups in total. The van der Waals surface area contributed by atoms with Crippen molar-refractivity contribution in [1.29, 1.82) is 0 Å². The van der Waals surface area contributed by atoms with Crippen molar-refractivity contribution in [2.75, 3.05) is 4.90 Å². The van der Waals surface area contributed by atoms with E-state index in [9.17, 15) is 0 Å². The first-order valence-electron chi connectivity index (χ1n) is 16.7. The normalized spacial score (nSPS) is 11.7. The Morgan fingerprint density at radius 1 is 0.367 bits per heavy atom. The van der Waals surface area contributed by atoms with Crippen LogP contribution in [0.25, 0.3) is 69.6 Å². The lowest BCUT2D eigenvalue weighted by Crippen LogP contribution is -2.09. The molecule has 0 bridgehead atoms. The van der Waals surface area contributed by atoms with Crippen molar-refractivity contribution in [3.05, 3.63) is 182 Å². The Balaban J connectivity index is 1.24. The maximum Gasteiger partial charge on any atom is 0.0547 e. The lowest BCUT2D eigenvalue weighted by Gasteiger charge is -2.25. The van der Waals surface area contributed by atoms with Gasteiger partial charge < -0.3 is 9.47 Å². The minimum Gasteiger partial charge on any atom is -0.310 e. The number of hydrogen-bond donors (Lipinski definition) is 0. The lowest BCUT2D eigenvalue weighted by molar-refractivity contribution is 1.18. The van der Waals surface area contributed by atoms with E-state index in [0.717, 1.165) is 22.7 Å². The standard InChI is InChI=1S/C46H30N2S/c1-4-12-31(13-5-1)32-20-22-37(23-21-32)48-43-25-24-38(47(35-14-6-2-7-15-35)36-16-8-3-9-17-36)30-41(43)40-26-34-29-46-42(27-33(34)28-44(40)48)39-18-10-11-19-45(39)49-46/h1-30H. The second-order valence-electron chi connectivity index (χ2n) is 12.6. The average molecular weight is 643 g/mol. The Hall–Kier alpha value is -6.16. The Kier molecular flexibility index (Phi) is 6.39. The predicted octanol–water partition coefficient (Wildman–Crippen LogP) is 13.4. The van der Waals surface area contributed by atoms with Gasteiger partial charge in [-0.3, -0.25) is 0 Å². The summed E-state index contributed by atoms with van der Waals surface area (Å²) in [6.07, 6.45) is 0. The Labute approximate surface area is 288 Å². The van der Waals surface area contributed by atoms with Gasteiger partial charge in [-0.15, -0.1) is 11.3 Å². The van der Waals surface area contributed by atoms with E-state index in [0.29, 0.717) is 0 Å². The van der Waals surface area contributed by atoms with Crippen LogP contribution in [0.2, 0.25) is 0 Å². The molecule has 8 aromatic carbocycles. The molecule has 0 radical (unpaired) electrons. The first-order valence-corrected chi connectivity index (χ1v) is 17.5. The van der Waals surface area contributed by atoms with Crippen molar-refractivity contribution in [1.82, 2.24) is 4.57 Å². The highest BCUT2D eigenvalue weighted by Gasteiger charge is 2.18. The van der Waals surface area contributed by atoms with E-state index in [1.165, 1.54) is 63.9 Å². The van der Waals surface area contributed by atoms with E-state index in [2.05, 4.69) is 191 Å². The summed E-state index contributed by atoms with van der Waals surface area (Å²) in [6.45, 7) is 0. The monoisotopic (exact) mass is 642 g/mol. The molecular formula is C46H30N2S. The molecule has 10 rings (SSSR count). The summed E-state index contributed by atoms with van der Waals surface area (Å²) in [5.74, 6) is 0. The summed E-state index contributed by atoms with van der Waals surface area (Å²) < 4.78 is 5.10. The minimum absolute atomic E-state index is 1.13. The van der Waals surface area contributed by atoms with Crippen LogP contribution < -0.4 is 4.90 Å². The summed E-state index contributed by atoms with van der Waals surface area (Å²) in [7, 11) is 0. The summed E-state index contributed by atoms with van der Waals surface area (Å²) in [5, 5.41) is 7.65. The van der Waals surface area contributed by atoms with Gasteiger partial charge in [0, 0.05) is 53.7 Å². The van der Waals surface area contributed by atoms with Crippen LogP contribution >= 0.6 is 11.3 Å². The van der Waals surface area contributed by atoms with Crippen LogP contribution in [0.5, 0.6) is 0 Å². The van der Waals surface area contributed by atoms with E-state index in [1.54, 1.807) is 0 Å². The molecule has 230 valence electrons. The molecule has 0 atom stereocenters. The van der Waals surface area contributed by atoms with Crippen molar-refractivity contribution in [3.63, 3.8) is 0 Å². The number of aromatic nitrogens is 1. The number of hydrogen-bond acceptors (Lipinski definition) is 2. The van der Waals surface area contributed by atoms with E-state index < -0.39 is 0 Å². The van der Waals surface area contributed by atoms with E-state index in [4.69, 9.17) is 0 Å². The smallest absolute Gasteiger partial charge is 0.0547 e. The Morgan fingerprint density at radius 2 is 0.959 bits per heavy atom. The molecule has 0 aliphatic heterocycles. The van der Waals surface area contributed by atoms with Gasteiger partial charge in [-0.25, -0.2) is 0 Å². The van der Waals surface area contributed by atoms with Crippen LogP contribution in [0.3, 0.4) is 0 Å². The van der Waals surface area contributed by atoms with Gasteiger partial charge in [0.25, 0.3) is 0 Å². The predicted molar refractivity (Wildman–Crippen MR) is 211 cm³/mol. The molecule has 0 amide bonds. The van der Waals surface area contributed by atoms with Gasteiger partial charge in [0.15, 0.2) is 0 Å². The summed E-state index contributed by atoms with van der Waals surface area (Å²) in [5.41, 5.74) is 9.37. The van der Waals surface area contributed by atoms with Gasteiger partial charge in [-0.05, 0) is 107 Å². The quantitative estimate of drug-likeness (QED) is 0.181. The van der Waals surface area contributed by atoms with Crippen molar-refractivity contribution in [2.24, 2.45) is 0 Å². The van der Waals surface area contributed by atoms with Crippen LogP contribution in [-0.4, -0.2) is 4.57 Å². The fourth-order valence-electron chi connectivity index (χ4n) is 7.43. The Bertz CT molecular complexity index is 2760. The molecule has 2 heterocycles. The van der Waals surface area contributed by atoms with Crippen LogP contribution in [0, 0.1) is 0 Å². The van der Waals surface area contributed by atoms with Crippen molar-refractivity contribution < 1.29 is 0 Å². The zero-order valence-electron chi connectivity index (χ0n) is 26.6. The number of rotatable bonds is 5. The molecule has 10 aromatic rings. The highest BCUT2D eigenvalue weighted by Crippen LogP contribution is 2.42. The third-order valence-electron chi connectivity index (χ3n) is 9.72. The first-order chi connectivity index (χ1) is 24.3. The molecule has 0 spiro atoms. The molecular weight excluding hydrogens is 613 g/mol. The van der Waals surface area contributed by atoms with Gasteiger partial charge in [-0.2, -0.15) is 0 Å². The second kappa shape index (κ2) is 11.2. The molecule has 2 nitrogen and oxygen atoms in total. The van der Waals surface area contributed by atoms with Gasteiger partial charge in [-0.1, -0.05) is 97.1 Å². The number of benzene rings is 8. The maximum atomic E-state index is 2.44. The van der Waals surface area contributed by atoms with E-state index >= 15 is 0 Å². The number of thiophene rings is 1. The van der Waals surface area contributed by atoms with Gasteiger partial charge in [0.05, 0.1) is 11.0 Å². The van der Waals surface area contributed by atoms with Gasteiger partial charge >= 0.3 is 0 Å². The average Bonchev–Trinajstić information content (AvgIpc) is 3.68. The molecule has 0 saturated heterocycles. The largest absolute Gasteiger partial charge is 0.310 e. The highest BCUT2D eigenvalue weighted by atomic mass is 32.1. The maximum absolute atomic E-state index is 2.44. The van der Waals surface area contributed by atoms with Crippen LogP contribution in [0.1, 0.15) is 0 Å². The highest BCUT2D eigenvalue weighted by molar-refractivity contribution is 7.25. The zero-order chi connectivity index (χ0) is 32.3. The van der Waals surface area contributed by atoms with E-state index in [-0.39, 0.29) is 0 Å². The second-order valence-corrected chi connectivity index (χ2v) is 13.7. The summed E-state index contributed by atoms with van der Waals surface area (Å²) in [6, 6.07) is 66.2. The van der Waals surface area contributed by atoms with Gasteiger partial charge in [0.2, 0.25) is 0 Å². The molecule has 0 saturated carbocycles. The number of anilines is 3. The number of para-hydroxylation sites is 2. The first kappa shape index (κ1) is 27.9. The number of fused-ring (bicyclic) bond motifs is 7. The van der Waals surface area contributed by atoms with Crippen molar-refractivity contribution in [2.45, 2.75) is 0 Å². The van der Waals surface area contributed by atoms with Crippen LogP contribution in [0.4, 0.5) is 17.1 Å².